The van der Waals surface area contributed by atoms with Gasteiger partial charge in [-0.15, -0.1) is 0 Å². The maximum Gasteiger partial charge on any atom is 0.325 e. The van der Waals surface area contributed by atoms with E-state index in [0.29, 0.717) is 11.3 Å². The number of nitrogens with zero attached hydrogens (tertiary/aromatic N) is 1. The summed E-state index contributed by atoms with van der Waals surface area (Å²) < 4.78 is 5.02. The Bertz CT molecular complexity index is 596. The van der Waals surface area contributed by atoms with E-state index in [0.717, 1.165) is 0 Å². The van der Waals surface area contributed by atoms with E-state index >= 15 is 0 Å². The molecule has 1 N–H and O–H groups in total. The Kier molecular flexibility index (Phi) is 6.45. The molecule has 0 spiro atoms. The van der Waals surface area contributed by atoms with Crippen molar-refractivity contribution in [2.24, 2.45) is 0 Å². The molecule has 0 aliphatic carbocycles. The third-order valence-corrected chi connectivity index (χ3v) is 3.69. The van der Waals surface area contributed by atoms with E-state index in [1.165, 1.54) is 6.92 Å². The second-order valence-electron chi connectivity index (χ2n) is 5.79. The van der Waals surface area contributed by atoms with Gasteiger partial charge in [-0.3, -0.25) is 19.3 Å². The number of carbonyl (C=O) groups is 3. The van der Waals surface area contributed by atoms with Crippen molar-refractivity contribution in [3.05, 3.63) is 29.8 Å². The second kappa shape index (κ2) is 7.87. The number of Topliss-reactive ketones (excluding diaryl/α,β-unsaturated/α-hetero) is 1. The second-order valence-corrected chi connectivity index (χ2v) is 5.79. The molecule has 1 aromatic carbocycles. The highest BCUT2D eigenvalue weighted by Crippen LogP contribution is 2.17. The van der Waals surface area contributed by atoms with Crippen LogP contribution in [0.3, 0.4) is 0 Å². The lowest BCUT2D eigenvalue weighted by Crippen LogP contribution is -2.51. The van der Waals surface area contributed by atoms with Gasteiger partial charge in [0.05, 0.1) is 18.8 Å². The number of rotatable bonds is 7. The van der Waals surface area contributed by atoms with E-state index in [-0.39, 0.29) is 30.8 Å². The summed E-state index contributed by atoms with van der Waals surface area (Å²) in [6.45, 7) is 6.86. The number of ether oxygens (including phenoxy) is 1. The minimum Gasteiger partial charge on any atom is -0.465 e. The minimum absolute atomic E-state index is 0.00193. The Morgan fingerprint density at radius 1 is 1.22 bits per heavy atom. The highest BCUT2D eigenvalue weighted by Gasteiger charge is 2.34. The standard InChI is InChI=1S/C17H24N2O4/c1-6-23-16(22)17(3,4)19(5)11-15(21)18-14-10-8-7-9-13(14)12(2)20/h7-10H,6,11H2,1-5H3,(H,18,21). The fraction of sp³-hybridized carbons (Fsp3) is 0.471. The van der Waals surface area contributed by atoms with E-state index in [1.807, 2.05) is 0 Å². The highest BCUT2D eigenvalue weighted by molar-refractivity contribution is 6.04. The lowest BCUT2D eigenvalue weighted by atomic mass is 10.0. The molecule has 0 bridgehead atoms. The maximum atomic E-state index is 12.2. The number of likely N-dealkylation sites (N-methyl/N-ethyl adjacent to an activating group) is 1. The SMILES string of the molecule is CCOC(=O)C(C)(C)N(C)CC(=O)Nc1ccccc1C(C)=O. The molecule has 0 saturated heterocycles. The predicted octanol–water partition coefficient (Wildman–Crippen LogP) is 2.10. The average Bonchev–Trinajstić information content (AvgIpc) is 2.47. The van der Waals surface area contributed by atoms with Crippen LogP contribution in [0.15, 0.2) is 24.3 Å². The normalized spacial score (nSPS) is 11.2. The van der Waals surface area contributed by atoms with Crippen LogP contribution in [0.4, 0.5) is 5.69 Å². The average molecular weight is 320 g/mol. The summed E-state index contributed by atoms with van der Waals surface area (Å²) in [6.07, 6.45) is 0. The third kappa shape index (κ3) is 4.89. The summed E-state index contributed by atoms with van der Waals surface area (Å²) in [6, 6.07) is 6.81. The highest BCUT2D eigenvalue weighted by atomic mass is 16.5. The Morgan fingerprint density at radius 2 is 1.83 bits per heavy atom. The van der Waals surface area contributed by atoms with Crippen molar-refractivity contribution >= 4 is 23.3 Å². The Hall–Kier alpha value is -2.21. The molecule has 1 amide bonds. The number of amides is 1. The number of carbonyl (C=O) groups excluding carboxylic acids is 3. The van der Waals surface area contributed by atoms with Crippen LogP contribution in [0.2, 0.25) is 0 Å². The first-order chi connectivity index (χ1) is 10.7. The van der Waals surface area contributed by atoms with Crippen molar-refractivity contribution in [2.75, 3.05) is 25.5 Å². The number of anilines is 1. The van der Waals surface area contributed by atoms with Gasteiger partial charge in [-0.2, -0.15) is 0 Å². The van der Waals surface area contributed by atoms with E-state index in [2.05, 4.69) is 5.32 Å². The van der Waals surface area contributed by atoms with Crippen LogP contribution in [0.1, 0.15) is 38.1 Å². The minimum atomic E-state index is -0.923. The Morgan fingerprint density at radius 3 is 2.39 bits per heavy atom. The van der Waals surface area contributed by atoms with Gasteiger partial charge in [-0.05, 0) is 46.9 Å². The number of nitrogens with one attached hydrogen (secondary N) is 1. The largest absolute Gasteiger partial charge is 0.465 e. The molecule has 0 radical (unpaired) electrons. The zero-order valence-corrected chi connectivity index (χ0v) is 14.3. The van der Waals surface area contributed by atoms with E-state index < -0.39 is 5.54 Å². The lowest BCUT2D eigenvalue weighted by molar-refractivity contribution is -0.155. The fourth-order valence-corrected chi connectivity index (χ4v) is 1.97. The first kappa shape index (κ1) is 18.8. The molecule has 0 unspecified atom stereocenters. The molecule has 0 atom stereocenters. The van der Waals surface area contributed by atoms with Crippen LogP contribution >= 0.6 is 0 Å². The van der Waals surface area contributed by atoms with Crippen LogP contribution in [-0.4, -0.2) is 48.3 Å². The van der Waals surface area contributed by atoms with Crippen molar-refractivity contribution in [2.45, 2.75) is 33.2 Å². The summed E-state index contributed by atoms with van der Waals surface area (Å²) in [5, 5.41) is 2.71. The van der Waals surface area contributed by atoms with Crippen LogP contribution < -0.4 is 5.32 Å². The smallest absolute Gasteiger partial charge is 0.325 e. The third-order valence-electron chi connectivity index (χ3n) is 3.69. The van der Waals surface area contributed by atoms with Gasteiger partial charge in [0, 0.05) is 5.56 Å². The summed E-state index contributed by atoms with van der Waals surface area (Å²) in [5.41, 5.74) is -0.00604. The maximum absolute atomic E-state index is 12.2. The van der Waals surface area contributed by atoms with Gasteiger partial charge in [0.15, 0.2) is 5.78 Å². The summed E-state index contributed by atoms with van der Waals surface area (Å²) >= 11 is 0. The molecule has 1 aromatic rings. The topological polar surface area (TPSA) is 75.7 Å². The van der Waals surface area contributed by atoms with Crippen LogP contribution in [-0.2, 0) is 14.3 Å². The van der Waals surface area contributed by atoms with Crippen molar-refractivity contribution < 1.29 is 19.1 Å². The molecule has 0 saturated carbocycles. The van der Waals surface area contributed by atoms with Gasteiger partial charge in [-0.25, -0.2) is 0 Å². The van der Waals surface area contributed by atoms with Gasteiger partial charge in [-0.1, -0.05) is 12.1 Å². The monoisotopic (exact) mass is 320 g/mol. The quantitative estimate of drug-likeness (QED) is 0.615. The number of hydrogen-bond acceptors (Lipinski definition) is 5. The molecule has 23 heavy (non-hydrogen) atoms. The van der Waals surface area contributed by atoms with Gasteiger partial charge in [0.25, 0.3) is 0 Å². The van der Waals surface area contributed by atoms with Crippen LogP contribution in [0.5, 0.6) is 0 Å². The molecule has 0 heterocycles. The Balaban J connectivity index is 2.77. The first-order valence-electron chi connectivity index (χ1n) is 7.48. The molecule has 0 aliphatic rings. The zero-order chi connectivity index (χ0) is 17.6. The molecule has 6 nitrogen and oxygen atoms in total. The molecule has 0 aliphatic heterocycles. The molecule has 6 heteroatoms. The van der Waals surface area contributed by atoms with E-state index in [9.17, 15) is 14.4 Å². The molecule has 1 rings (SSSR count). The molecular weight excluding hydrogens is 296 g/mol. The number of ketones is 1. The van der Waals surface area contributed by atoms with Gasteiger partial charge in [0.1, 0.15) is 5.54 Å². The van der Waals surface area contributed by atoms with Crippen molar-refractivity contribution in [1.82, 2.24) is 4.90 Å². The van der Waals surface area contributed by atoms with Crippen molar-refractivity contribution in [1.29, 1.82) is 0 Å². The van der Waals surface area contributed by atoms with Gasteiger partial charge in [0.2, 0.25) is 5.91 Å². The summed E-state index contributed by atoms with van der Waals surface area (Å²) in [7, 11) is 1.67. The van der Waals surface area contributed by atoms with Crippen LogP contribution in [0, 0.1) is 0 Å². The van der Waals surface area contributed by atoms with Gasteiger partial charge >= 0.3 is 5.97 Å². The van der Waals surface area contributed by atoms with E-state index in [4.69, 9.17) is 4.74 Å². The molecule has 126 valence electrons. The van der Waals surface area contributed by atoms with Crippen molar-refractivity contribution in [3.63, 3.8) is 0 Å². The van der Waals surface area contributed by atoms with Crippen LogP contribution in [0.25, 0.3) is 0 Å². The summed E-state index contributed by atoms with van der Waals surface area (Å²) in [5.74, 6) is -0.820. The molecule has 0 aromatic heterocycles. The number of para-hydroxylation sites is 1. The first-order valence-corrected chi connectivity index (χ1v) is 7.48. The molecular formula is C17H24N2O4. The lowest BCUT2D eigenvalue weighted by Gasteiger charge is -2.32. The number of esters is 1. The molecule has 0 fully saturated rings. The zero-order valence-electron chi connectivity index (χ0n) is 14.3. The predicted molar refractivity (Wildman–Crippen MR) is 88.4 cm³/mol. The van der Waals surface area contributed by atoms with E-state index in [1.54, 1.807) is 57.0 Å². The Labute approximate surface area is 136 Å². The van der Waals surface area contributed by atoms with Crippen molar-refractivity contribution in [3.8, 4) is 0 Å². The number of hydrogen-bond donors (Lipinski definition) is 1. The number of benzene rings is 1. The fourth-order valence-electron chi connectivity index (χ4n) is 1.97. The van der Waals surface area contributed by atoms with Gasteiger partial charge < -0.3 is 10.1 Å². The summed E-state index contributed by atoms with van der Waals surface area (Å²) in [4.78, 5) is 37.3.